The number of aromatic nitrogens is 1. The largest absolute Gasteiger partial charge is 0.459 e. The number of aromatic amines is 1. The van der Waals surface area contributed by atoms with Crippen LogP contribution in [0, 0.1) is 0 Å². The first-order chi connectivity index (χ1) is 8.16. The molecule has 2 aromatic rings. The third-order valence-electron chi connectivity index (χ3n) is 1.93. The molecule has 0 aliphatic rings. The molecule has 3 N–H and O–H groups in total. The summed E-state index contributed by atoms with van der Waals surface area (Å²) in [7, 11) is 0. The average Bonchev–Trinajstić information content (AvgIpc) is 2.95. The Labute approximate surface area is 104 Å². The van der Waals surface area contributed by atoms with Crippen molar-refractivity contribution < 1.29 is 14.0 Å². The van der Waals surface area contributed by atoms with E-state index in [0.29, 0.717) is 5.69 Å². The van der Waals surface area contributed by atoms with Gasteiger partial charge in [-0.15, -0.1) is 0 Å². The van der Waals surface area contributed by atoms with Gasteiger partial charge in [0.2, 0.25) is 0 Å². The van der Waals surface area contributed by atoms with Crippen molar-refractivity contribution in [3.05, 3.63) is 46.6 Å². The Bertz CT molecular complexity index is 533. The van der Waals surface area contributed by atoms with Crippen LogP contribution in [0.3, 0.4) is 0 Å². The zero-order chi connectivity index (χ0) is 12.3. The molecular formula is C10H8BrN3O3. The van der Waals surface area contributed by atoms with Crippen molar-refractivity contribution in [1.82, 2.24) is 15.8 Å². The fourth-order valence-corrected chi connectivity index (χ4v) is 1.49. The van der Waals surface area contributed by atoms with Crippen molar-refractivity contribution in [2.24, 2.45) is 0 Å². The van der Waals surface area contributed by atoms with Crippen molar-refractivity contribution in [3.8, 4) is 0 Å². The molecule has 0 bridgehead atoms. The Morgan fingerprint density at radius 1 is 1.29 bits per heavy atom. The van der Waals surface area contributed by atoms with Gasteiger partial charge in [0, 0.05) is 10.7 Å². The van der Waals surface area contributed by atoms with E-state index >= 15 is 0 Å². The van der Waals surface area contributed by atoms with Gasteiger partial charge in [-0.1, -0.05) is 0 Å². The van der Waals surface area contributed by atoms with E-state index < -0.39 is 11.8 Å². The normalized spacial score (nSPS) is 9.94. The molecule has 88 valence electrons. The number of hydrazine groups is 1. The number of carbonyl (C=O) groups is 2. The summed E-state index contributed by atoms with van der Waals surface area (Å²) in [6, 6.07) is 4.67. The molecule has 0 saturated carbocycles. The zero-order valence-electron chi connectivity index (χ0n) is 8.49. The lowest BCUT2D eigenvalue weighted by Gasteiger charge is -2.03. The van der Waals surface area contributed by atoms with Crippen LogP contribution in [-0.4, -0.2) is 16.8 Å². The Morgan fingerprint density at radius 3 is 2.65 bits per heavy atom. The van der Waals surface area contributed by atoms with Crippen LogP contribution in [0.4, 0.5) is 0 Å². The van der Waals surface area contributed by atoms with Crippen LogP contribution in [0.15, 0.2) is 39.5 Å². The number of amides is 2. The summed E-state index contributed by atoms with van der Waals surface area (Å²) in [6.45, 7) is 0. The summed E-state index contributed by atoms with van der Waals surface area (Å²) in [5, 5.41) is 0. The van der Waals surface area contributed by atoms with E-state index in [-0.39, 0.29) is 5.76 Å². The molecule has 0 saturated heterocycles. The quantitative estimate of drug-likeness (QED) is 0.733. The third kappa shape index (κ3) is 2.76. The van der Waals surface area contributed by atoms with Gasteiger partial charge in [-0.3, -0.25) is 20.4 Å². The molecule has 2 heterocycles. The van der Waals surface area contributed by atoms with Gasteiger partial charge in [0.15, 0.2) is 5.76 Å². The molecule has 0 aromatic carbocycles. The molecule has 2 rings (SSSR count). The second-order valence-corrected chi connectivity index (χ2v) is 4.03. The van der Waals surface area contributed by atoms with Gasteiger partial charge in [-0.25, -0.2) is 0 Å². The van der Waals surface area contributed by atoms with Crippen molar-refractivity contribution in [1.29, 1.82) is 0 Å². The molecule has 0 unspecified atom stereocenters. The number of nitrogens with one attached hydrogen (secondary N) is 3. The number of hydrogen-bond donors (Lipinski definition) is 3. The van der Waals surface area contributed by atoms with Gasteiger partial charge >= 0.3 is 5.91 Å². The van der Waals surface area contributed by atoms with Gasteiger partial charge in [0.25, 0.3) is 5.91 Å². The van der Waals surface area contributed by atoms with E-state index in [2.05, 4.69) is 31.8 Å². The molecule has 0 fully saturated rings. The smallest absolute Gasteiger partial charge is 0.305 e. The van der Waals surface area contributed by atoms with Gasteiger partial charge in [0.1, 0.15) is 5.69 Å². The second kappa shape index (κ2) is 4.88. The first-order valence-electron chi connectivity index (χ1n) is 4.65. The van der Waals surface area contributed by atoms with E-state index in [0.717, 1.165) is 4.47 Å². The molecule has 0 radical (unpaired) electrons. The van der Waals surface area contributed by atoms with Gasteiger partial charge in [-0.05, 0) is 34.1 Å². The topological polar surface area (TPSA) is 87.1 Å². The minimum atomic E-state index is -0.519. The van der Waals surface area contributed by atoms with Crippen LogP contribution < -0.4 is 10.9 Å². The summed E-state index contributed by atoms with van der Waals surface area (Å²) in [5.41, 5.74) is 4.81. The maximum Gasteiger partial charge on any atom is 0.305 e. The minimum absolute atomic E-state index is 0.123. The molecule has 17 heavy (non-hydrogen) atoms. The third-order valence-corrected chi connectivity index (χ3v) is 2.38. The summed E-state index contributed by atoms with van der Waals surface area (Å²) < 4.78 is 5.61. The molecule has 2 aromatic heterocycles. The van der Waals surface area contributed by atoms with Gasteiger partial charge in [-0.2, -0.15) is 0 Å². The van der Waals surface area contributed by atoms with Crippen LogP contribution in [0.5, 0.6) is 0 Å². The highest BCUT2D eigenvalue weighted by molar-refractivity contribution is 9.10. The predicted octanol–water partition coefficient (Wildman–Crippen LogP) is 1.44. The number of carbonyl (C=O) groups excluding carboxylic acids is 2. The highest BCUT2D eigenvalue weighted by atomic mass is 79.9. The van der Waals surface area contributed by atoms with Gasteiger partial charge < -0.3 is 9.40 Å². The Balaban J connectivity index is 1.91. The summed E-state index contributed by atoms with van der Waals surface area (Å²) in [5.74, 6) is -0.845. The van der Waals surface area contributed by atoms with Crippen molar-refractivity contribution >= 4 is 27.7 Å². The number of H-pyrrole nitrogens is 1. The predicted molar refractivity (Wildman–Crippen MR) is 62.1 cm³/mol. The molecule has 0 aliphatic carbocycles. The lowest BCUT2D eigenvalue weighted by Crippen LogP contribution is -2.41. The Hall–Kier alpha value is -2.02. The highest BCUT2D eigenvalue weighted by Crippen LogP contribution is 2.09. The number of rotatable bonds is 2. The number of furan rings is 1. The van der Waals surface area contributed by atoms with Crippen LogP contribution in [0.25, 0.3) is 0 Å². The molecule has 6 nitrogen and oxygen atoms in total. The van der Waals surface area contributed by atoms with E-state index in [9.17, 15) is 9.59 Å². The molecule has 0 spiro atoms. The van der Waals surface area contributed by atoms with E-state index in [1.807, 2.05) is 0 Å². The maximum absolute atomic E-state index is 11.5. The molecular weight excluding hydrogens is 290 g/mol. The number of halogens is 1. The fourth-order valence-electron chi connectivity index (χ4n) is 1.15. The Morgan fingerprint density at radius 2 is 2.06 bits per heavy atom. The summed E-state index contributed by atoms with van der Waals surface area (Å²) in [6.07, 6.45) is 2.99. The number of hydrogen-bond acceptors (Lipinski definition) is 3. The second-order valence-electron chi connectivity index (χ2n) is 3.12. The van der Waals surface area contributed by atoms with E-state index in [1.165, 1.54) is 12.3 Å². The lowest BCUT2D eigenvalue weighted by molar-refractivity contribution is 0.0829. The van der Waals surface area contributed by atoms with Crippen molar-refractivity contribution in [2.45, 2.75) is 0 Å². The molecule has 7 heteroatoms. The van der Waals surface area contributed by atoms with Crippen molar-refractivity contribution in [3.63, 3.8) is 0 Å². The first kappa shape index (κ1) is 11.5. The van der Waals surface area contributed by atoms with Crippen LogP contribution >= 0.6 is 15.9 Å². The van der Waals surface area contributed by atoms with Crippen molar-refractivity contribution in [2.75, 3.05) is 0 Å². The van der Waals surface area contributed by atoms with Crippen LogP contribution in [0.1, 0.15) is 21.0 Å². The van der Waals surface area contributed by atoms with Crippen LogP contribution in [-0.2, 0) is 0 Å². The maximum atomic E-state index is 11.5. The standard InChI is InChI=1S/C10H8BrN3O3/c11-6-4-7(12-5-6)9(15)13-14-10(16)8-2-1-3-17-8/h1-5,12H,(H,13,15)(H,14,16). The summed E-state index contributed by atoms with van der Waals surface area (Å²) >= 11 is 3.20. The average molecular weight is 298 g/mol. The van der Waals surface area contributed by atoms with Gasteiger partial charge in [0.05, 0.1) is 6.26 Å². The van der Waals surface area contributed by atoms with E-state index in [4.69, 9.17) is 4.42 Å². The monoisotopic (exact) mass is 297 g/mol. The Kier molecular flexibility index (Phi) is 3.29. The molecule has 0 atom stereocenters. The molecule has 0 aliphatic heterocycles. The highest BCUT2D eigenvalue weighted by Gasteiger charge is 2.11. The minimum Gasteiger partial charge on any atom is -0.459 e. The fraction of sp³-hybridized carbons (Fsp3) is 0. The molecule has 2 amide bonds. The summed E-state index contributed by atoms with van der Waals surface area (Å²) in [4.78, 5) is 25.7. The SMILES string of the molecule is O=C(NNC(=O)c1ccco1)c1cc(Br)c[nH]1. The van der Waals surface area contributed by atoms with Crippen LogP contribution in [0.2, 0.25) is 0 Å². The lowest BCUT2D eigenvalue weighted by atomic mass is 10.4. The van der Waals surface area contributed by atoms with E-state index in [1.54, 1.807) is 18.3 Å². The zero-order valence-corrected chi connectivity index (χ0v) is 10.1. The first-order valence-corrected chi connectivity index (χ1v) is 5.44.